The number of benzene rings is 2. The van der Waals surface area contributed by atoms with Crippen LogP contribution in [-0.2, 0) is 4.79 Å². The molecule has 0 saturated carbocycles. The molecule has 0 aliphatic carbocycles. The smallest absolute Gasteiger partial charge is 0.246 e. The highest BCUT2D eigenvalue weighted by molar-refractivity contribution is 9.10. The van der Waals surface area contributed by atoms with E-state index in [0.29, 0.717) is 0 Å². The molecule has 0 aromatic heterocycles. The Labute approximate surface area is 145 Å². The van der Waals surface area contributed by atoms with Gasteiger partial charge < -0.3 is 5.32 Å². The van der Waals surface area contributed by atoms with Crippen LogP contribution in [-0.4, -0.2) is 23.9 Å². The van der Waals surface area contributed by atoms with E-state index in [4.69, 9.17) is 0 Å². The number of amides is 1. The maximum atomic E-state index is 13.0. The van der Waals surface area contributed by atoms with Crippen LogP contribution in [0.1, 0.15) is 30.0 Å². The summed E-state index contributed by atoms with van der Waals surface area (Å²) < 4.78 is 1.02. The third-order valence-electron chi connectivity index (χ3n) is 4.32. The van der Waals surface area contributed by atoms with Crippen molar-refractivity contribution >= 4 is 27.5 Å². The van der Waals surface area contributed by atoms with Crippen molar-refractivity contribution in [3.8, 4) is 0 Å². The topological polar surface area (TPSA) is 32.3 Å². The minimum atomic E-state index is -0.221. The van der Waals surface area contributed by atoms with Gasteiger partial charge in [0.15, 0.2) is 0 Å². The summed E-state index contributed by atoms with van der Waals surface area (Å²) in [6.45, 7) is 3.96. The highest BCUT2D eigenvalue weighted by Crippen LogP contribution is 2.28. The van der Waals surface area contributed by atoms with E-state index >= 15 is 0 Å². The second-order valence-electron chi connectivity index (χ2n) is 6.00. The number of nitrogens with zero attached hydrogens (tertiary/aromatic N) is 1. The van der Waals surface area contributed by atoms with Crippen LogP contribution in [0.2, 0.25) is 0 Å². The van der Waals surface area contributed by atoms with E-state index in [1.165, 1.54) is 0 Å². The number of anilines is 1. The Kier molecular flexibility index (Phi) is 5.13. The molecular weight excluding hydrogens is 352 g/mol. The van der Waals surface area contributed by atoms with Crippen LogP contribution in [0, 0.1) is 6.92 Å². The lowest BCUT2D eigenvalue weighted by Crippen LogP contribution is -2.35. The summed E-state index contributed by atoms with van der Waals surface area (Å²) in [5.41, 5.74) is 2.99. The molecule has 3 nitrogen and oxygen atoms in total. The highest BCUT2D eigenvalue weighted by Gasteiger charge is 2.29. The van der Waals surface area contributed by atoms with Crippen LogP contribution in [0.25, 0.3) is 0 Å². The van der Waals surface area contributed by atoms with Crippen LogP contribution in [0.4, 0.5) is 5.69 Å². The molecule has 0 radical (unpaired) electrons. The van der Waals surface area contributed by atoms with Gasteiger partial charge in [-0.25, -0.2) is 0 Å². The van der Waals surface area contributed by atoms with Crippen LogP contribution in [0.3, 0.4) is 0 Å². The Balaban J connectivity index is 1.85. The molecule has 23 heavy (non-hydrogen) atoms. The SMILES string of the molecule is Cc1cc(Br)ccc1NC(=O)[C@H](c1ccccc1)N1CCCC1. The fourth-order valence-electron chi connectivity index (χ4n) is 3.13. The van der Waals surface area contributed by atoms with E-state index in [2.05, 4.69) is 26.1 Å². The summed E-state index contributed by atoms with van der Waals surface area (Å²) in [4.78, 5) is 15.2. The lowest BCUT2D eigenvalue weighted by atomic mass is 10.0. The number of aryl methyl sites for hydroxylation is 1. The number of rotatable bonds is 4. The molecule has 1 aliphatic rings. The Morgan fingerprint density at radius 2 is 1.83 bits per heavy atom. The molecule has 1 fully saturated rings. The first-order chi connectivity index (χ1) is 11.1. The van der Waals surface area contributed by atoms with E-state index in [1.807, 2.05) is 55.5 Å². The second-order valence-corrected chi connectivity index (χ2v) is 6.92. The summed E-state index contributed by atoms with van der Waals surface area (Å²) >= 11 is 3.46. The molecule has 2 aromatic rings. The summed E-state index contributed by atoms with van der Waals surface area (Å²) in [5.74, 6) is 0.0449. The molecule has 1 N–H and O–H groups in total. The van der Waals surface area contributed by atoms with E-state index in [-0.39, 0.29) is 11.9 Å². The van der Waals surface area contributed by atoms with Gasteiger partial charge >= 0.3 is 0 Å². The predicted molar refractivity (Wildman–Crippen MR) is 97.5 cm³/mol. The van der Waals surface area contributed by atoms with Gasteiger partial charge in [-0.15, -0.1) is 0 Å². The number of carbonyl (C=O) groups is 1. The van der Waals surface area contributed by atoms with Crippen LogP contribution in [0.15, 0.2) is 53.0 Å². The fourth-order valence-corrected chi connectivity index (χ4v) is 3.61. The number of halogens is 1. The van der Waals surface area contributed by atoms with E-state index in [1.54, 1.807) is 0 Å². The van der Waals surface area contributed by atoms with E-state index in [0.717, 1.165) is 47.2 Å². The van der Waals surface area contributed by atoms with Gasteiger partial charge in [0, 0.05) is 10.2 Å². The number of nitrogens with one attached hydrogen (secondary N) is 1. The quantitative estimate of drug-likeness (QED) is 0.854. The third kappa shape index (κ3) is 3.82. The third-order valence-corrected chi connectivity index (χ3v) is 4.81. The van der Waals surface area contributed by atoms with Crippen LogP contribution < -0.4 is 5.32 Å². The zero-order chi connectivity index (χ0) is 16.2. The Bertz CT molecular complexity index is 681. The molecule has 1 amide bonds. The minimum Gasteiger partial charge on any atom is -0.324 e. The van der Waals surface area contributed by atoms with Gasteiger partial charge in [-0.05, 0) is 62.2 Å². The van der Waals surface area contributed by atoms with Crippen molar-refractivity contribution in [1.29, 1.82) is 0 Å². The number of likely N-dealkylation sites (tertiary alicyclic amines) is 1. The van der Waals surface area contributed by atoms with Crippen LogP contribution >= 0.6 is 15.9 Å². The van der Waals surface area contributed by atoms with Gasteiger partial charge in [0.25, 0.3) is 0 Å². The first kappa shape index (κ1) is 16.2. The fraction of sp³-hybridized carbons (Fsp3) is 0.316. The van der Waals surface area contributed by atoms with Gasteiger partial charge in [0.1, 0.15) is 6.04 Å². The number of hydrogen-bond donors (Lipinski definition) is 1. The highest BCUT2D eigenvalue weighted by atomic mass is 79.9. The van der Waals surface area contributed by atoms with Crippen molar-refractivity contribution < 1.29 is 4.79 Å². The molecule has 0 unspecified atom stereocenters. The average Bonchev–Trinajstić information content (AvgIpc) is 3.05. The lowest BCUT2D eigenvalue weighted by molar-refractivity contribution is -0.121. The van der Waals surface area contributed by atoms with Gasteiger partial charge in [0.05, 0.1) is 0 Å². The van der Waals surface area contributed by atoms with Crippen molar-refractivity contribution in [2.24, 2.45) is 0 Å². The summed E-state index contributed by atoms with van der Waals surface area (Å²) in [7, 11) is 0. The molecule has 2 aromatic carbocycles. The van der Waals surface area contributed by atoms with Crippen molar-refractivity contribution in [3.63, 3.8) is 0 Å². The molecule has 120 valence electrons. The molecule has 0 bridgehead atoms. The summed E-state index contributed by atoms with van der Waals surface area (Å²) in [6.07, 6.45) is 2.32. The maximum Gasteiger partial charge on any atom is 0.246 e. The van der Waals surface area contributed by atoms with E-state index in [9.17, 15) is 4.79 Å². The molecule has 4 heteroatoms. The average molecular weight is 373 g/mol. The van der Waals surface area contributed by atoms with Crippen molar-refractivity contribution in [2.75, 3.05) is 18.4 Å². The zero-order valence-corrected chi connectivity index (χ0v) is 14.8. The van der Waals surface area contributed by atoms with Gasteiger partial charge in [-0.3, -0.25) is 9.69 Å². The zero-order valence-electron chi connectivity index (χ0n) is 13.3. The first-order valence-corrected chi connectivity index (χ1v) is 8.80. The molecule has 0 spiro atoms. The Morgan fingerprint density at radius 3 is 2.48 bits per heavy atom. The Morgan fingerprint density at radius 1 is 1.13 bits per heavy atom. The van der Waals surface area contributed by atoms with Crippen molar-refractivity contribution in [3.05, 3.63) is 64.1 Å². The van der Waals surface area contributed by atoms with E-state index < -0.39 is 0 Å². The normalized spacial score (nSPS) is 16.3. The molecule has 1 atom stereocenters. The van der Waals surface area contributed by atoms with Crippen molar-refractivity contribution in [2.45, 2.75) is 25.8 Å². The monoisotopic (exact) mass is 372 g/mol. The minimum absolute atomic E-state index is 0.0449. The first-order valence-electron chi connectivity index (χ1n) is 8.01. The largest absolute Gasteiger partial charge is 0.324 e. The lowest BCUT2D eigenvalue weighted by Gasteiger charge is -2.27. The predicted octanol–water partition coefficient (Wildman–Crippen LogP) is 4.53. The Hall–Kier alpha value is -1.65. The summed E-state index contributed by atoms with van der Waals surface area (Å²) in [6, 6.07) is 15.8. The number of carbonyl (C=O) groups excluding carboxylic acids is 1. The van der Waals surface area contributed by atoms with Crippen molar-refractivity contribution in [1.82, 2.24) is 4.90 Å². The number of hydrogen-bond acceptors (Lipinski definition) is 2. The molecular formula is C19H21BrN2O. The molecule has 1 aliphatic heterocycles. The molecule has 3 rings (SSSR count). The van der Waals surface area contributed by atoms with Gasteiger partial charge in [-0.2, -0.15) is 0 Å². The van der Waals surface area contributed by atoms with Crippen LogP contribution in [0.5, 0.6) is 0 Å². The maximum absolute atomic E-state index is 13.0. The van der Waals surface area contributed by atoms with Gasteiger partial charge in [0.2, 0.25) is 5.91 Å². The standard InChI is InChI=1S/C19H21BrN2O/c1-14-13-16(20)9-10-17(14)21-19(23)18(22-11-5-6-12-22)15-7-3-2-4-8-15/h2-4,7-10,13,18H,5-6,11-12H2,1H3,(H,21,23)/t18-/m0/s1. The van der Waals surface area contributed by atoms with Gasteiger partial charge in [-0.1, -0.05) is 46.3 Å². The second kappa shape index (κ2) is 7.28. The molecule has 1 saturated heterocycles. The molecule has 1 heterocycles. The summed E-state index contributed by atoms with van der Waals surface area (Å²) in [5, 5.41) is 3.11.